The van der Waals surface area contributed by atoms with E-state index in [0.29, 0.717) is 49.7 Å². The normalized spacial score (nSPS) is 14.9. The summed E-state index contributed by atoms with van der Waals surface area (Å²) in [6.07, 6.45) is 1.40. The number of rotatable bonds is 7. The van der Waals surface area contributed by atoms with Crippen LogP contribution in [0, 0.1) is 5.92 Å². The highest BCUT2D eigenvalue weighted by molar-refractivity contribution is 7.16. The van der Waals surface area contributed by atoms with Gasteiger partial charge in [0.2, 0.25) is 5.91 Å². The fourth-order valence-corrected chi connectivity index (χ4v) is 5.16. The zero-order chi connectivity index (χ0) is 22.7. The second-order valence-corrected chi connectivity index (χ2v) is 9.92. The topological polar surface area (TPSA) is 57.6 Å². The molecule has 8 heteroatoms. The molecular weight excluding hydrogens is 444 g/mol. The Morgan fingerprint density at radius 2 is 1.88 bits per heavy atom. The Hall–Kier alpha value is -2.35. The monoisotopic (exact) mass is 472 g/mol. The average Bonchev–Trinajstić information content (AvgIpc) is 3.37. The maximum atomic E-state index is 13.4. The molecule has 3 aromatic rings. The smallest absolute Gasteiger partial charge is 0.270 e. The SMILES string of the molecule is CN(C)CCNC(=O)C1CCN(C(=O)c2cc3ccsc3n2Cc2ccc(Cl)cc2)CC1. The van der Waals surface area contributed by atoms with Crippen molar-refractivity contribution < 1.29 is 9.59 Å². The van der Waals surface area contributed by atoms with Gasteiger partial charge in [0.05, 0.1) is 0 Å². The number of thiophene rings is 1. The first kappa shape index (κ1) is 22.8. The number of hydrogen-bond donors (Lipinski definition) is 1. The molecule has 1 aliphatic rings. The van der Waals surface area contributed by atoms with E-state index in [9.17, 15) is 9.59 Å². The number of likely N-dealkylation sites (N-methyl/N-ethyl adjacent to an activating group) is 1. The molecule has 2 aromatic heterocycles. The Kier molecular flexibility index (Phi) is 7.18. The number of aromatic nitrogens is 1. The lowest BCUT2D eigenvalue weighted by atomic mass is 9.95. The highest BCUT2D eigenvalue weighted by atomic mass is 35.5. The number of likely N-dealkylation sites (tertiary alicyclic amines) is 1. The summed E-state index contributed by atoms with van der Waals surface area (Å²) in [6, 6.07) is 11.8. The number of nitrogens with one attached hydrogen (secondary N) is 1. The van der Waals surface area contributed by atoms with Crippen molar-refractivity contribution in [1.82, 2.24) is 19.7 Å². The van der Waals surface area contributed by atoms with Crippen molar-refractivity contribution in [3.8, 4) is 0 Å². The number of hydrogen-bond acceptors (Lipinski definition) is 4. The average molecular weight is 473 g/mol. The fourth-order valence-electron chi connectivity index (χ4n) is 4.14. The maximum absolute atomic E-state index is 13.4. The van der Waals surface area contributed by atoms with Crippen LogP contribution in [0.5, 0.6) is 0 Å². The van der Waals surface area contributed by atoms with E-state index in [0.717, 1.165) is 22.3 Å². The molecular formula is C24H29ClN4O2S. The molecule has 170 valence electrons. The maximum Gasteiger partial charge on any atom is 0.270 e. The predicted octanol–water partition coefficient (Wildman–Crippen LogP) is 3.93. The van der Waals surface area contributed by atoms with Crippen LogP contribution in [0.15, 0.2) is 41.8 Å². The van der Waals surface area contributed by atoms with Gasteiger partial charge in [0.1, 0.15) is 10.5 Å². The fraction of sp³-hybridized carbons (Fsp3) is 0.417. The molecule has 1 aromatic carbocycles. The van der Waals surface area contributed by atoms with Crippen LogP contribution in [0.25, 0.3) is 10.2 Å². The van der Waals surface area contributed by atoms with Crippen molar-refractivity contribution in [2.45, 2.75) is 19.4 Å². The van der Waals surface area contributed by atoms with E-state index in [2.05, 4.69) is 21.3 Å². The van der Waals surface area contributed by atoms with E-state index in [1.165, 1.54) is 0 Å². The van der Waals surface area contributed by atoms with Gasteiger partial charge in [-0.3, -0.25) is 9.59 Å². The van der Waals surface area contributed by atoms with Gasteiger partial charge < -0.3 is 19.7 Å². The third-order valence-corrected chi connectivity index (χ3v) is 7.19. The van der Waals surface area contributed by atoms with Crippen molar-refractivity contribution in [1.29, 1.82) is 0 Å². The number of amides is 2. The van der Waals surface area contributed by atoms with Crippen LogP contribution < -0.4 is 5.32 Å². The largest absolute Gasteiger partial charge is 0.355 e. The molecule has 0 spiro atoms. The molecule has 0 radical (unpaired) electrons. The molecule has 0 atom stereocenters. The zero-order valence-electron chi connectivity index (χ0n) is 18.5. The van der Waals surface area contributed by atoms with Gasteiger partial charge in [0.25, 0.3) is 5.91 Å². The Balaban J connectivity index is 1.44. The van der Waals surface area contributed by atoms with E-state index < -0.39 is 0 Å². The van der Waals surface area contributed by atoms with Crippen LogP contribution in [0.4, 0.5) is 0 Å². The van der Waals surface area contributed by atoms with Crippen molar-refractivity contribution in [3.05, 3.63) is 58.1 Å². The van der Waals surface area contributed by atoms with Gasteiger partial charge in [-0.05, 0) is 62.1 Å². The number of piperidine rings is 1. The summed E-state index contributed by atoms with van der Waals surface area (Å²) >= 11 is 7.68. The number of carbonyl (C=O) groups excluding carboxylic acids is 2. The molecule has 6 nitrogen and oxygen atoms in total. The van der Waals surface area contributed by atoms with Gasteiger partial charge >= 0.3 is 0 Å². The molecule has 1 aliphatic heterocycles. The molecule has 32 heavy (non-hydrogen) atoms. The van der Waals surface area contributed by atoms with Crippen LogP contribution >= 0.6 is 22.9 Å². The van der Waals surface area contributed by atoms with E-state index in [4.69, 9.17) is 11.6 Å². The molecule has 0 bridgehead atoms. The number of halogens is 1. The lowest BCUT2D eigenvalue weighted by Crippen LogP contribution is -2.44. The van der Waals surface area contributed by atoms with Crippen molar-refractivity contribution in [2.75, 3.05) is 40.3 Å². The molecule has 0 aliphatic carbocycles. The highest BCUT2D eigenvalue weighted by Gasteiger charge is 2.29. The quantitative estimate of drug-likeness (QED) is 0.566. The molecule has 1 N–H and O–H groups in total. The summed E-state index contributed by atoms with van der Waals surface area (Å²) in [5, 5.41) is 6.86. The Labute approximate surface area is 197 Å². The third kappa shape index (κ3) is 5.17. The van der Waals surface area contributed by atoms with Crippen LogP contribution in [-0.4, -0.2) is 66.5 Å². The summed E-state index contributed by atoms with van der Waals surface area (Å²) < 4.78 is 2.10. The van der Waals surface area contributed by atoms with Crippen LogP contribution in [0.1, 0.15) is 28.9 Å². The van der Waals surface area contributed by atoms with E-state index in [1.54, 1.807) is 11.3 Å². The number of fused-ring (bicyclic) bond motifs is 1. The van der Waals surface area contributed by atoms with Crippen LogP contribution in [0.2, 0.25) is 5.02 Å². The lowest BCUT2D eigenvalue weighted by Gasteiger charge is -2.31. The van der Waals surface area contributed by atoms with Gasteiger partial charge in [0, 0.05) is 49.1 Å². The zero-order valence-corrected chi connectivity index (χ0v) is 20.1. The Morgan fingerprint density at radius 1 is 1.16 bits per heavy atom. The molecule has 2 amide bonds. The molecule has 4 rings (SSSR count). The minimum atomic E-state index is -0.0226. The Bertz CT molecular complexity index is 1080. The van der Waals surface area contributed by atoms with Gasteiger partial charge in [0.15, 0.2) is 0 Å². The lowest BCUT2D eigenvalue weighted by molar-refractivity contribution is -0.126. The second kappa shape index (κ2) is 10.1. The van der Waals surface area contributed by atoms with Gasteiger partial charge in [-0.2, -0.15) is 0 Å². The van der Waals surface area contributed by atoms with Gasteiger partial charge in [-0.1, -0.05) is 23.7 Å². The Morgan fingerprint density at radius 3 is 2.56 bits per heavy atom. The molecule has 3 heterocycles. The molecule has 1 fully saturated rings. The van der Waals surface area contributed by atoms with Crippen molar-refractivity contribution in [2.24, 2.45) is 5.92 Å². The van der Waals surface area contributed by atoms with Gasteiger partial charge in [-0.15, -0.1) is 11.3 Å². The minimum absolute atomic E-state index is 0.0226. The summed E-state index contributed by atoms with van der Waals surface area (Å²) in [7, 11) is 3.98. The van der Waals surface area contributed by atoms with Crippen molar-refractivity contribution in [3.63, 3.8) is 0 Å². The molecule has 1 saturated heterocycles. The van der Waals surface area contributed by atoms with Crippen molar-refractivity contribution >= 4 is 45.0 Å². The molecule has 0 unspecified atom stereocenters. The van der Waals surface area contributed by atoms with E-state index in [1.807, 2.05) is 54.2 Å². The van der Waals surface area contributed by atoms with Crippen LogP contribution in [-0.2, 0) is 11.3 Å². The minimum Gasteiger partial charge on any atom is -0.355 e. The standard InChI is InChI=1S/C24H29ClN4O2S/c1-27(2)13-10-26-22(30)18-7-11-28(12-8-18)23(31)21-15-19-9-14-32-24(19)29(21)16-17-3-5-20(25)6-4-17/h3-6,9,14-15,18H,7-8,10-13,16H2,1-2H3,(H,26,30). The summed E-state index contributed by atoms with van der Waals surface area (Å²) in [5.41, 5.74) is 1.80. The third-order valence-electron chi connectivity index (χ3n) is 5.99. The first-order valence-electron chi connectivity index (χ1n) is 11.0. The van der Waals surface area contributed by atoms with E-state index >= 15 is 0 Å². The second-order valence-electron chi connectivity index (χ2n) is 8.58. The molecule has 0 saturated carbocycles. The summed E-state index contributed by atoms with van der Waals surface area (Å²) in [5.74, 6) is 0.116. The van der Waals surface area contributed by atoms with E-state index in [-0.39, 0.29) is 17.7 Å². The summed E-state index contributed by atoms with van der Waals surface area (Å²) in [4.78, 5) is 30.9. The first-order valence-corrected chi connectivity index (χ1v) is 12.2. The summed E-state index contributed by atoms with van der Waals surface area (Å²) in [6.45, 7) is 3.30. The number of benzene rings is 1. The number of nitrogens with zero attached hydrogens (tertiary/aromatic N) is 3. The highest BCUT2D eigenvalue weighted by Crippen LogP contribution is 2.28. The predicted molar refractivity (Wildman–Crippen MR) is 131 cm³/mol. The first-order chi connectivity index (χ1) is 15.4. The van der Waals surface area contributed by atoms with Gasteiger partial charge in [-0.25, -0.2) is 0 Å². The van der Waals surface area contributed by atoms with Crippen LogP contribution in [0.3, 0.4) is 0 Å². The number of carbonyl (C=O) groups is 2.